The number of hydrogen-bond acceptors (Lipinski definition) is 4. The van der Waals surface area contributed by atoms with Crippen LogP contribution in [0, 0.1) is 0 Å². The first-order valence-electron chi connectivity index (χ1n) is 8.58. The molecule has 2 aromatic carbocycles. The summed E-state index contributed by atoms with van der Waals surface area (Å²) >= 11 is 0. The van der Waals surface area contributed by atoms with Crippen molar-refractivity contribution in [1.29, 1.82) is 0 Å². The second-order valence-corrected chi connectivity index (χ2v) is 5.42. The highest BCUT2D eigenvalue weighted by atomic mass is 16.5. The lowest BCUT2D eigenvalue weighted by Crippen LogP contribution is -2.06. The predicted octanol–water partition coefficient (Wildman–Crippen LogP) is 4.50. The van der Waals surface area contributed by atoms with E-state index in [9.17, 15) is 0 Å². The van der Waals surface area contributed by atoms with Gasteiger partial charge in [-0.05, 0) is 55.3 Å². The van der Waals surface area contributed by atoms with Gasteiger partial charge in [0.25, 0.3) is 0 Å². The Balaban J connectivity index is 1.80. The maximum Gasteiger partial charge on any atom is 0.119 e. The fourth-order valence-electron chi connectivity index (χ4n) is 2.20. The second-order valence-electron chi connectivity index (χ2n) is 5.42. The molecule has 0 aliphatic rings. The van der Waals surface area contributed by atoms with Crippen LogP contribution < -0.4 is 14.8 Å². The Bertz CT molecular complexity index is 584. The van der Waals surface area contributed by atoms with Gasteiger partial charge in [0.15, 0.2) is 0 Å². The van der Waals surface area contributed by atoms with Gasteiger partial charge in [-0.15, -0.1) is 0 Å². The van der Waals surface area contributed by atoms with Crippen molar-refractivity contribution in [2.45, 2.75) is 26.8 Å². The predicted molar refractivity (Wildman–Crippen MR) is 98.0 cm³/mol. The zero-order valence-electron chi connectivity index (χ0n) is 14.6. The molecular weight excluding hydrogens is 302 g/mol. The van der Waals surface area contributed by atoms with E-state index in [0.717, 1.165) is 43.4 Å². The molecule has 0 amide bonds. The van der Waals surface area contributed by atoms with Crippen molar-refractivity contribution in [3.05, 3.63) is 54.1 Å². The summed E-state index contributed by atoms with van der Waals surface area (Å²) in [5.74, 6) is 1.78. The average Bonchev–Trinajstić information content (AvgIpc) is 2.63. The highest BCUT2D eigenvalue weighted by Gasteiger charge is 1.99. The van der Waals surface area contributed by atoms with Crippen LogP contribution in [-0.2, 0) is 11.3 Å². The van der Waals surface area contributed by atoms with Crippen LogP contribution >= 0.6 is 0 Å². The summed E-state index contributed by atoms with van der Waals surface area (Å²) < 4.78 is 16.6. The molecule has 0 unspecified atom stereocenters. The van der Waals surface area contributed by atoms with E-state index in [2.05, 4.69) is 24.4 Å². The molecule has 0 aromatic heterocycles. The Morgan fingerprint density at radius 1 is 0.833 bits per heavy atom. The van der Waals surface area contributed by atoms with Crippen LogP contribution in [0.25, 0.3) is 0 Å². The van der Waals surface area contributed by atoms with Crippen LogP contribution in [0.2, 0.25) is 0 Å². The second kappa shape index (κ2) is 10.6. The number of anilines is 1. The number of hydrogen-bond donors (Lipinski definition) is 1. The first-order valence-corrected chi connectivity index (χ1v) is 8.58. The van der Waals surface area contributed by atoms with E-state index in [1.54, 1.807) is 0 Å². The molecule has 0 saturated carbocycles. The van der Waals surface area contributed by atoms with Crippen LogP contribution in [0.15, 0.2) is 48.5 Å². The van der Waals surface area contributed by atoms with Gasteiger partial charge in [0.2, 0.25) is 0 Å². The lowest BCUT2D eigenvalue weighted by Gasteiger charge is -2.10. The summed E-state index contributed by atoms with van der Waals surface area (Å²) in [6.07, 6.45) is 1.02. The minimum atomic E-state index is 0.573. The van der Waals surface area contributed by atoms with Crippen molar-refractivity contribution < 1.29 is 14.2 Å². The summed E-state index contributed by atoms with van der Waals surface area (Å²) in [6, 6.07) is 16.2. The molecule has 4 nitrogen and oxygen atoms in total. The van der Waals surface area contributed by atoms with Gasteiger partial charge in [-0.25, -0.2) is 0 Å². The summed E-state index contributed by atoms with van der Waals surface area (Å²) in [5, 5.41) is 3.41. The summed E-state index contributed by atoms with van der Waals surface area (Å²) in [4.78, 5) is 0. The Labute approximate surface area is 144 Å². The fourth-order valence-corrected chi connectivity index (χ4v) is 2.20. The van der Waals surface area contributed by atoms with Gasteiger partial charge in [0, 0.05) is 18.8 Å². The van der Waals surface area contributed by atoms with Crippen molar-refractivity contribution in [1.82, 2.24) is 0 Å². The molecule has 0 aliphatic heterocycles. The van der Waals surface area contributed by atoms with Crippen molar-refractivity contribution in [3.63, 3.8) is 0 Å². The van der Waals surface area contributed by atoms with E-state index in [4.69, 9.17) is 14.2 Å². The van der Waals surface area contributed by atoms with Crippen LogP contribution in [0.5, 0.6) is 11.5 Å². The van der Waals surface area contributed by atoms with Gasteiger partial charge in [-0.2, -0.15) is 0 Å². The maximum atomic E-state index is 5.68. The van der Waals surface area contributed by atoms with E-state index in [-0.39, 0.29) is 0 Å². The first-order chi connectivity index (χ1) is 11.8. The standard InChI is InChI=1S/C20H27NO3/c1-3-12-23-19-10-8-18(9-11-19)21-16-17-6-5-7-20(15-17)24-14-13-22-4-2/h5-11,15,21H,3-4,12-14,16H2,1-2H3. The van der Waals surface area contributed by atoms with Crippen LogP contribution in [-0.4, -0.2) is 26.4 Å². The lowest BCUT2D eigenvalue weighted by molar-refractivity contribution is 0.110. The number of rotatable bonds is 11. The van der Waals surface area contributed by atoms with Gasteiger partial charge in [-0.1, -0.05) is 19.1 Å². The molecule has 0 fully saturated rings. The molecule has 24 heavy (non-hydrogen) atoms. The van der Waals surface area contributed by atoms with Crippen molar-refractivity contribution >= 4 is 5.69 Å². The molecule has 130 valence electrons. The summed E-state index contributed by atoms with van der Waals surface area (Å²) in [5.41, 5.74) is 2.25. The third-order valence-corrected chi connectivity index (χ3v) is 3.42. The quantitative estimate of drug-likeness (QED) is 0.616. The van der Waals surface area contributed by atoms with Crippen molar-refractivity contribution in [2.24, 2.45) is 0 Å². The third-order valence-electron chi connectivity index (χ3n) is 3.42. The molecule has 0 bridgehead atoms. The highest BCUT2D eigenvalue weighted by Crippen LogP contribution is 2.18. The molecule has 0 spiro atoms. The normalized spacial score (nSPS) is 10.4. The smallest absolute Gasteiger partial charge is 0.119 e. The SMILES string of the molecule is CCCOc1ccc(NCc2cccc(OCCOCC)c2)cc1. The zero-order chi connectivity index (χ0) is 17.0. The average molecular weight is 329 g/mol. The van der Waals surface area contributed by atoms with Crippen molar-refractivity contribution in [2.75, 3.05) is 31.7 Å². The molecular formula is C20H27NO3. The van der Waals surface area contributed by atoms with Gasteiger partial charge in [0.1, 0.15) is 18.1 Å². The minimum Gasteiger partial charge on any atom is -0.494 e. The Morgan fingerprint density at radius 2 is 1.62 bits per heavy atom. The van der Waals surface area contributed by atoms with Gasteiger partial charge >= 0.3 is 0 Å². The van der Waals surface area contributed by atoms with Crippen LogP contribution in [0.3, 0.4) is 0 Å². The molecule has 0 radical (unpaired) electrons. The molecule has 1 N–H and O–H groups in total. The lowest BCUT2D eigenvalue weighted by atomic mass is 10.2. The topological polar surface area (TPSA) is 39.7 Å². The third kappa shape index (κ3) is 6.50. The Morgan fingerprint density at radius 3 is 2.38 bits per heavy atom. The van der Waals surface area contributed by atoms with Gasteiger partial charge < -0.3 is 19.5 Å². The molecule has 0 atom stereocenters. The van der Waals surface area contributed by atoms with E-state index >= 15 is 0 Å². The van der Waals surface area contributed by atoms with Crippen molar-refractivity contribution in [3.8, 4) is 11.5 Å². The van der Waals surface area contributed by atoms with Crippen LogP contribution in [0.4, 0.5) is 5.69 Å². The molecule has 0 heterocycles. The largest absolute Gasteiger partial charge is 0.494 e. The van der Waals surface area contributed by atoms with E-state index in [1.807, 2.05) is 43.3 Å². The van der Waals surface area contributed by atoms with E-state index in [0.29, 0.717) is 13.2 Å². The minimum absolute atomic E-state index is 0.573. The first kappa shape index (κ1) is 18.1. The van der Waals surface area contributed by atoms with Crippen LogP contribution in [0.1, 0.15) is 25.8 Å². The monoisotopic (exact) mass is 329 g/mol. The summed E-state index contributed by atoms with van der Waals surface area (Å²) in [6.45, 7) is 7.49. The number of ether oxygens (including phenoxy) is 3. The molecule has 4 heteroatoms. The zero-order valence-corrected chi connectivity index (χ0v) is 14.6. The van der Waals surface area contributed by atoms with Gasteiger partial charge in [-0.3, -0.25) is 0 Å². The highest BCUT2D eigenvalue weighted by molar-refractivity contribution is 5.47. The van der Waals surface area contributed by atoms with E-state index in [1.165, 1.54) is 5.56 Å². The summed E-state index contributed by atoms with van der Waals surface area (Å²) in [7, 11) is 0. The Kier molecular flexibility index (Phi) is 7.98. The Hall–Kier alpha value is -2.20. The maximum absolute atomic E-state index is 5.68. The van der Waals surface area contributed by atoms with E-state index < -0.39 is 0 Å². The molecule has 0 aliphatic carbocycles. The fraction of sp³-hybridized carbons (Fsp3) is 0.400. The molecule has 2 rings (SSSR count). The van der Waals surface area contributed by atoms with Gasteiger partial charge in [0.05, 0.1) is 13.2 Å². The number of benzene rings is 2. The molecule has 2 aromatic rings. The number of nitrogens with one attached hydrogen (secondary N) is 1. The molecule has 0 saturated heterocycles.